The number of rotatable bonds is 1. The molecule has 0 atom stereocenters. The van der Waals surface area contributed by atoms with Crippen LogP contribution < -0.4 is 0 Å². The lowest BCUT2D eigenvalue weighted by Crippen LogP contribution is -1.86. The minimum absolute atomic E-state index is 1.05. The van der Waals surface area contributed by atoms with Crippen LogP contribution in [0.3, 0.4) is 0 Å². The van der Waals surface area contributed by atoms with Gasteiger partial charge in [0.05, 0.1) is 0 Å². The Morgan fingerprint density at radius 3 is 2.81 bits per heavy atom. The van der Waals surface area contributed by atoms with Crippen LogP contribution in [0.4, 0.5) is 0 Å². The van der Waals surface area contributed by atoms with Gasteiger partial charge in [0.25, 0.3) is 0 Å². The van der Waals surface area contributed by atoms with E-state index in [2.05, 4.69) is 59.3 Å². The summed E-state index contributed by atoms with van der Waals surface area (Å²) in [5.74, 6) is 0. The first kappa shape index (κ1) is 10.3. The lowest BCUT2D eigenvalue weighted by Gasteiger charge is -2.07. The summed E-state index contributed by atoms with van der Waals surface area (Å²) in [6.45, 7) is 2.15. The van der Waals surface area contributed by atoms with Gasteiger partial charge in [-0.05, 0) is 52.5 Å². The summed E-state index contributed by atoms with van der Waals surface area (Å²) in [5.41, 5.74) is 4.09. The van der Waals surface area contributed by atoms with Gasteiger partial charge in [0.1, 0.15) is 0 Å². The smallest absolute Gasteiger partial charge is 0.0356 e. The number of halogens is 1. The Morgan fingerprint density at radius 2 is 2.06 bits per heavy atom. The van der Waals surface area contributed by atoms with Gasteiger partial charge >= 0.3 is 0 Å². The monoisotopic (exact) mass is 290 g/mol. The van der Waals surface area contributed by atoms with Crippen LogP contribution in [-0.2, 0) is 6.42 Å². The predicted octanol–water partition coefficient (Wildman–Crippen LogP) is 5.06. The Kier molecular flexibility index (Phi) is 2.49. The zero-order valence-electron chi connectivity index (χ0n) is 8.96. The maximum absolute atomic E-state index is 3.74. The Hall–Kier alpha value is -0.860. The zero-order chi connectivity index (χ0) is 11.1. The molecule has 80 valence electrons. The van der Waals surface area contributed by atoms with Crippen LogP contribution >= 0.6 is 27.3 Å². The fraction of sp³-hybridized carbons (Fsp3) is 0.143. The molecular weight excluding hydrogens is 280 g/mol. The molecule has 1 aromatic carbocycles. The third-order valence-electron chi connectivity index (χ3n) is 2.90. The highest BCUT2D eigenvalue weighted by molar-refractivity contribution is 9.10. The van der Waals surface area contributed by atoms with Gasteiger partial charge in [-0.25, -0.2) is 0 Å². The average Bonchev–Trinajstić information content (AvgIpc) is 2.87. The van der Waals surface area contributed by atoms with Crippen molar-refractivity contribution in [2.45, 2.75) is 13.3 Å². The minimum Gasteiger partial charge on any atom is -0.141 e. The molecule has 16 heavy (non-hydrogen) atoms. The lowest BCUT2D eigenvalue weighted by molar-refractivity contribution is 1.29. The van der Waals surface area contributed by atoms with E-state index in [1.807, 2.05) is 11.3 Å². The highest BCUT2D eigenvalue weighted by Gasteiger charge is 2.14. The Morgan fingerprint density at radius 1 is 1.19 bits per heavy atom. The summed E-state index contributed by atoms with van der Waals surface area (Å²) in [7, 11) is 0. The van der Waals surface area contributed by atoms with Crippen molar-refractivity contribution in [2.75, 3.05) is 0 Å². The summed E-state index contributed by atoms with van der Waals surface area (Å²) >= 11 is 5.59. The fourth-order valence-electron chi connectivity index (χ4n) is 2.07. The summed E-state index contributed by atoms with van der Waals surface area (Å²) in [5, 5.41) is 0. The molecule has 3 rings (SSSR count). The van der Waals surface area contributed by atoms with Gasteiger partial charge in [0.15, 0.2) is 0 Å². The van der Waals surface area contributed by atoms with Crippen LogP contribution in [0.25, 0.3) is 16.5 Å². The van der Waals surface area contributed by atoms with Crippen molar-refractivity contribution in [3.63, 3.8) is 0 Å². The van der Waals surface area contributed by atoms with E-state index >= 15 is 0 Å². The number of fused-ring (bicyclic) bond motifs is 1. The predicted molar refractivity (Wildman–Crippen MR) is 74.9 cm³/mol. The summed E-state index contributed by atoms with van der Waals surface area (Å²) in [4.78, 5) is 2.71. The van der Waals surface area contributed by atoms with E-state index in [1.54, 1.807) is 0 Å². The zero-order valence-corrected chi connectivity index (χ0v) is 11.4. The van der Waals surface area contributed by atoms with E-state index < -0.39 is 0 Å². The Bertz CT molecular complexity index is 578. The van der Waals surface area contributed by atoms with Crippen molar-refractivity contribution in [3.05, 3.63) is 50.8 Å². The molecule has 0 unspecified atom stereocenters. The van der Waals surface area contributed by atoms with Crippen molar-refractivity contribution in [2.24, 2.45) is 0 Å². The van der Waals surface area contributed by atoms with Gasteiger partial charge in [-0.1, -0.05) is 24.3 Å². The third-order valence-corrected chi connectivity index (χ3v) is 4.84. The van der Waals surface area contributed by atoms with Gasteiger partial charge in [-0.15, -0.1) is 11.3 Å². The van der Waals surface area contributed by atoms with E-state index in [-0.39, 0.29) is 0 Å². The molecule has 1 aliphatic rings. The number of benzene rings is 1. The topological polar surface area (TPSA) is 0 Å². The molecule has 2 aromatic rings. The lowest BCUT2D eigenvalue weighted by atomic mass is 10.1. The standard InChI is InChI=1S/C14H11BrS/c1-9-5-8-13(16-9)12-7-6-10-3-2-4-11(10)14(12)15/h2-3,5-8H,4H2,1H3. The first-order valence-electron chi connectivity index (χ1n) is 5.30. The molecule has 0 N–H and O–H groups in total. The molecular formula is C14H11BrS. The van der Waals surface area contributed by atoms with Crippen molar-refractivity contribution in [1.82, 2.24) is 0 Å². The van der Waals surface area contributed by atoms with Crippen LogP contribution in [0.1, 0.15) is 16.0 Å². The second-order valence-electron chi connectivity index (χ2n) is 4.01. The number of aryl methyl sites for hydroxylation is 1. The van der Waals surface area contributed by atoms with Gasteiger partial charge in [-0.3, -0.25) is 0 Å². The largest absolute Gasteiger partial charge is 0.141 e. The molecule has 0 radical (unpaired) electrons. The normalized spacial score (nSPS) is 13.1. The molecule has 2 heteroatoms. The van der Waals surface area contributed by atoms with Crippen molar-refractivity contribution in [1.29, 1.82) is 0 Å². The Balaban J connectivity index is 2.17. The summed E-state index contributed by atoms with van der Waals surface area (Å²) in [6, 6.07) is 8.81. The van der Waals surface area contributed by atoms with Crippen LogP contribution in [0.15, 0.2) is 34.8 Å². The average molecular weight is 291 g/mol. The van der Waals surface area contributed by atoms with E-state index in [4.69, 9.17) is 0 Å². The molecule has 0 nitrogen and oxygen atoms in total. The third kappa shape index (κ3) is 1.57. The van der Waals surface area contributed by atoms with Gasteiger partial charge < -0.3 is 0 Å². The Labute approximate surface area is 108 Å². The van der Waals surface area contributed by atoms with Crippen molar-refractivity contribution in [3.8, 4) is 10.4 Å². The first-order valence-corrected chi connectivity index (χ1v) is 6.91. The van der Waals surface area contributed by atoms with Gasteiger partial charge in [0.2, 0.25) is 0 Å². The van der Waals surface area contributed by atoms with Crippen molar-refractivity contribution >= 4 is 33.3 Å². The van der Waals surface area contributed by atoms with Gasteiger partial charge in [0, 0.05) is 19.8 Å². The maximum Gasteiger partial charge on any atom is 0.0356 e. The molecule has 0 amide bonds. The molecule has 1 aliphatic carbocycles. The van der Waals surface area contributed by atoms with Crippen LogP contribution in [-0.4, -0.2) is 0 Å². The summed E-state index contributed by atoms with van der Waals surface area (Å²) in [6.07, 6.45) is 5.47. The molecule has 0 spiro atoms. The number of allylic oxidation sites excluding steroid dienone is 1. The second-order valence-corrected chi connectivity index (χ2v) is 6.09. The van der Waals surface area contributed by atoms with E-state index in [9.17, 15) is 0 Å². The quantitative estimate of drug-likeness (QED) is 0.689. The number of hydrogen-bond acceptors (Lipinski definition) is 1. The highest BCUT2D eigenvalue weighted by Crippen LogP contribution is 2.38. The second kappa shape index (κ2) is 3.86. The number of hydrogen-bond donors (Lipinski definition) is 0. The molecule has 0 aliphatic heterocycles. The molecule has 0 saturated heterocycles. The van der Waals surface area contributed by atoms with Gasteiger partial charge in [-0.2, -0.15) is 0 Å². The molecule has 1 heterocycles. The van der Waals surface area contributed by atoms with E-state index in [1.165, 1.54) is 30.9 Å². The van der Waals surface area contributed by atoms with Crippen LogP contribution in [0, 0.1) is 6.92 Å². The fourth-order valence-corrected chi connectivity index (χ4v) is 3.84. The molecule has 0 saturated carbocycles. The molecule has 0 bridgehead atoms. The molecule has 0 fully saturated rings. The van der Waals surface area contributed by atoms with E-state index in [0.717, 1.165) is 6.42 Å². The maximum atomic E-state index is 3.74. The SMILES string of the molecule is Cc1ccc(-c2ccc3c(c2Br)CC=C3)s1. The first-order chi connectivity index (χ1) is 7.75. The highest BCUT2D eigenvalue weighted by atomic mass is 79.9. The summed E-state index contributed by atoms with van der Waals surface area (Å²) < 4.78 is 1.26. The number of thiophene rings is 1. The minimum atomic E-state index is 1.05. The van der Waals surface area contributed by atoms with Crippen LogP contribution in [0.2, 0.25) is 0 Å². The van der Waals surface area contributed by atoms with E-state index in [0.29, 0.717) is 0 Å². The molecule has 1 aromatic heterocycles. The van der Waals surface area contributed by atoms with Crippen LogP contribution in [0.5, 0.6) is 0 Å². The van der Waals surface area contributed by atoms with Crippen molar-refractivity contribution < 1.29 is 0 Å².